The number of carbonyl (C=O) groups is 3. The number of benzene rings is 2. The minimum atomic E-state index is -3.45. The number of aliphatic hydroxyl groups excluding tert-OH is 1. The first-order valence-corrected chi connectivity index (χ1v) is 18.2. The maximum atomic E-state index is 16.1. The summed E-state index contributed by atoms with van der Waals surface area (Å²) < 4.78 is 28.3. The normalized spacial score (nSPS) is 23.4. The summed E-state index contributed by atoms with van der Waals surface area (Å²) in [4.78, 5) is 42.8. The number of hydrogen-bond donors (Lipinski definition) is 1. The number of unbranched alkanes of at least 4 members (excludes halogenated alkanes) is 1. The van der Waals surface area contributed by atoms with Gasteiger partial charge in [-0.3, -0.25) is 14.4 Å². The van der Waals surface area contributed by atoms with E-state index in [4.69, 9.17) is 9.47 Å². The fraction of sp³-hybridized carbons (Fsp3) is 0.516. The second-order valence-corrected chi connectivity index (χ2v) is 16.4. The van der Waals surface area contributed by atoms with Gasteiger partial charge in [-0.1, -0.05) is 53.2 Å². The van der Waals surface area contributed by atoms with E-state index < -0.39 is 31.6 Å². The third-order valence-corrected chi connectivity index (χ3v) is 11.4. The summed E-state index contributed by atoms with van der Waals surface area (Å²) in [7, 11) is -2.10. The number of carbonyl (C=O) groups excluding carboxylic acids is 3. The second kappa shape index (κ2) is 13.4. The van der Waals surface area contributed by atoms with Crippen molar-refractivity contribution in [2.24, 2.45) is 5.92 Å². The Bertz CT molecular complexity index is 1290. The Labute approximate surface area is 256 Å². The van der Waals surface area contributed by atoms with Crippen molar-refractivity contribution in [2.45, 2.75) is 69.5 Å². The molecule has 4 rings (SSSR count). The molecule has 11 heteroatoms. The summed E-state index contributed by atoms with van der Waals surface area (Å²) in [6, 6.07) is 15.1. The molecule has 2 aromatic rings. The van der Waals surface area contributed by atoms with Gasteiger partial charge in [-0.05, 0) is 49.7 Å². The smallest absolute Gasteiger partial charge is 0.305 e. The number of amides is 2. The summed E-state index contributed by atoms with van der Waals surface area (Å²) in [5.74, 6) is -1.35. The number of anilines is 1. The molecule has 0 aliphatic carbocycles. The highest BCUT2D eigenvalue weighted by Crippen LogP contribution is 2.60. The summed E-state index contributed by atoms with van der Waals surface area (Å²) in [6.07, 6.45) is 0.472. The number of aliphatic hydroxyl groups is 1. The molecule has 2 heterocycles. The van der Waals surface area contributed by atoms with Crippen molar-refractivity contribution in [3.63, 3.8) is 0 Å². The lowest BCUT2D eigenvalue weighted by molar-refractivity contribution is -0.150. The number of ether oxygens (including phenoxy) is 2. The first-order chi connectivity index (χ1) is 19.9. The van der Waals surface area contributed by atoms with Crippen LogP contribution in [0.1, 0.15) is 43.7 Å². The first kappa shape index (κ1) is 32.3. The number of fused-ring (bicyclic) bond motifs is 2. The van der Waals surface area contributed by atoms with Crippen LogP contribution in [0.3, 0.4) is 0 Å². The maximum Gasteiger partial charge on any atom is 0.305 e. The van der Waals surface area contributed by atoms with Crippen LogP contribution in [0.15, 0.2) is 53.0 Å². The van der Waals surface area contributed by atoms with Crippen molar-refractivity contribution in [1.82, 2.24) is 4.90 Å². The van der Waals surface area contributed by atoms with E-state index >= 15 is 4.11 Å². The van der Waals surface area contributed by atoms with Gasteiger partial charge in [0, 0.05) is 47.6 Å². The van der Waals surface area contributed by atoms with E-state index in [-0.39, 0.29) is 43.8 Å². The Balaban J connectivity index is 1.64. The average molecular weight is 664 g/mol. The van der Waals surface area contributed by atoms with E-state index in [1.807, 2.05) is 55.5 Å². The Morgan fingerprint density at radius 2 is 1.90 bits per heavy atom. The van der Waals surface area contributed by atoms with Crippen LogP contribution in [-0.4, -0.2) is 69.1 Å². The molecule has 1 N–H and O–H groups in total. The summed E-state index contributed by atoms with van der Waals surface area (Å²) in [5.41, 5.74) is 0.222. The average Bonchev–Trinajstić information content (AvgIpc) is 3.37. The van der Waals surface area contributed by atoms with Crippen molar-refractivity contribution >= 4 is 47.8 Å². The van der Waals surface area contributed by atoms with Crippen LogP contribution in [0.4, 0.5) is 9.80 Å². The lowest BCUT2D eigenvalue weighted by atomic mass is 9.82. The second-order valence-electron chi connectivity index (χ2n) is 11.7. The fourth-order valence-corrected chi connectivity index (χ4v) is 9.46. The molecule has 1 fully saturated rings. The minimum absolute atomic E-state index is 0.0975. The van der Waals surface area contributed by atoms with E-state index in [1.165, 1.54) is 7.11 Å². The highest BCUT2D eigenvalue weighted by atomic mass is 79.9. The van der Waals surface area contributed by atoms with Crippen molar-refractivity contribution in [3.05, 3.63) is 64.1 Å². The third kappa shape index (κ3) is 6.49. The fourth-order valence-electron chi connectivity index (χ4n) is 6.60. The largest absolute Gasteiger partial charge is 0.469 e. The molecule has 0 bridgehead atoms. The molecule has 8 nitrogen and oxygen atoms in total. The molecule has 2 aromatic carbocycles. The maximum absolute atomic E-state index is 16.1. The lowest BCUT2D eigenvalue weighted by Crippen LogP contribution is -2.45. The van der Waals surface area contributed by atoms with E-state index in [9.17, 15) is 19.5 Å². The molecule has 2 amide bonds. The van der Waals surface area contributed by atoms with Crippen molar-refractivity contribution < 1.29 is 33.1 Å². The number of esters is 1. The highest BCUT2D eigenvalue weighted by Gasteiger charge is 2.67. The predicted octanol–water partition coefficient (Wildman–Crippen LogP) is 5.33. The van der Waals surface area contributed by atoms with Gasteiger partial charge >= 0.3 is 5.97 Å². The van der Waals surface area contributed by atoms with Gasteiger partial charge in [0.15, 0.2) is 5.60 Å². The minimum Gasteiger partial charge on any atom is -0.469 e. The zero-order valence-electron chi connectivity index (χ0n) is 24.6. The Kier molecular flexibility index (Phi) is 10.3. The van der Waals surface area contributed by atoms with Crippen LogP contribution >= 0.6 is 15.9 Å². The van der Waals surface area contributed by atoms with Crippen LogP contribution in [-0.2, 0) is 36.0 Å². The Morgan fingerprint density at radius 1 is 1.19 bits per heavy atom. The molecule has 1 spiro atoms. The number of rotatable bonds is 12. The van der Waals surface area contributed by atoms with E-state index in [2.05, 4.69) is 15.9 Å². The number of hydrogen-bond acceptors (Lipinski definition) is 6. The third-order valence-electron chi connectivity index (χ3n) is 8.48. The van der Waals surface area contributed by atoms with Crippen LogP contribution in [0.2, 0.25) is 18.6 Å². The van der Waals surface area contributed by atoms with Crippen LogP contribution in [0.25, 0.3) is 0 Å². The topological polar surface area (TPSA) is 96.4 Å². The molecule has 4 atom stereocenters. The molecule has 1 saturated heterocycles. The summed E-state index contributed by atoms with van der Waals surface area (Å²) in [6.45, 7) is 5.68. The van der Waals surface area contributed by atoms with Crippen LogP contribution in [0.5, 0.6) is 0 Å². The van der Waals surface area contributed by atoms with Crippen molar-refractivity contribution in [2.75, 3.05) is 31.7 Å². The lowest BCUT2D eigenvalue weighted by Gasteiger charge is -2.31. The standard InChI is InChI=1S/C31H40BrFN2O6Si/c1-21-29(42(3,4)33)26(19-27(37)34(16-17-36)20-22-10-6-5-7-11-22)41-31(21)24-18-23(32)13-14-25(24)35(30(31)39)15-9-8-12-28(38)40-2/h5-7,10-11,13-14,18,21,26,29,36H,8-9,12,15-17,19-20H2,1-4H3/t21-,26+,29-,31+/m0/s1. The van der Waals surface area contributed by atoms with Gasteiger partial charge in [0.25, 0.3) is 5.91 Å². The molecule has 2 aliphatic rings. The first-order valence-electron chi connectivity index (χ1n) is 14.4. The molecule has 228 valence electrons. The monoisotopic (exact) mass is 662 g/mol. The number of methoxy groups -OCH3 is 1. The Morgan fingerprint density at radius 3 is 2.55 bits per heavy atom. The Hall–Kier alpha value is -2.60. The van der Waals surface area contributed by atoms with Crippen LogP contribution < -0.4 is 4.90 Å². The van der Waals surface area contributed by atoms with E-state index in [0.29, 0.717) is 37.2 Å². The van der Waals surface area contributed by atoms with E-state index in [0.717, 1.165) is 10.0 Å². The molecule has 0 radical (unpaired) electrons. The quantitative estimate of drug-likeness (QED) is 0.143. The number of halogens is 2. The highest BCUT2D eigenvalue weighted by molar-refractivity contribution is 9.10. The van der Waals surface area contributed by atoms with Gasteiger partial charge in [0.05, 0.1) is 31.9 Å². The summed E-state index contributed by atoms with van der Waals surface area (Å²) >= 11 is 3.53. The van der Waals surface area contributed by atoms with Gasteiger partial charge in [-0.2, -0.15) is 0 Å². The van der Waals surface area contributed by atoms with Crippen LogP contribution in [0, 0.1) is 5.92 Å². The van der Waals surface area contributed by atoms with Gasteiger partial charge in [-0.15, -0.1) is 0 Å². The van der Waals surface area contributed by atoms with Gasteiger partial charge in [0.1, 0.15) is 0 Å². The number of nitrogens with zero attached hydrogens (tertiary/aromatic N) is 2. The molecule has 0 saturated carbocycles. The van der Waals surface area contributed by atoms with E-state index in [1.54, 1.807) is 22.9 Å². The molecule has 0 unspecified atom stereocenters. The van der Waals surface area contributed by atoms with Crippen molar-refractivity contribution in [1.29, 1.82) is 0 Å². The molecular weight excluding hydrogens is 623 g/mol. The van der Waals surface area contributed by atoms with Gasteiger partial charge in [-0.25, -0.2) is 0 Å². The predicted molar refractivity (Wildman–Crippen MR) is 164 cm³/mol. The zero-order chi connectivity index (χ0) is 30.7. The zero-order valence-corrected chi connectivity index (χ0v) is 27.2. The van der Waals surface area contributed by atoms with Gasteiger partial charge in [0.2, 0.25) is 14.3 Å². The van der Waals surface area contributed by atoms with Crippen molar-refractivity contribution in [3.8, 4) is 0 Å². The SMILES string of the molecule is COC(=O)CCCCN1C(=O)[C@]2(O[C@H](CC(=O)N(CCO)Cc3ccccc3)[C@@H]([Si](C)(C)F)[C@@H]2C)c2cc(Br)ccc21. The molecule has 0 aromatic heterocycles. The van der Waals surface area contributed by atoms with Gasteiger partial charge < -0.3 is 28.5 Å². The summed E-state index contributed by atoms with van der Waals surface area (Å²) in [5, 5.41) is 9.69. The molecular formula is C31H40BrFN2O6Si. The molecule has 2 aliphatic heterocycles. The molecule has 42 heavy (non-hydrogen) atoms.